The number of thiophene rings is 1. The number of nitriles is 1. The largest absolute Gasteiger partial charge is 0.489 e. The summed E-state index contributed by atoms with van der Waals surface area (Å²) in [6, 6.07) is 7.79. The molecule has 290 valence electrons. The summed E-state index contributed by atoms with van der Waals surface area (Å²) >= 11 is 7.99. The van der Waals surface area contributed by atoms with Crippen molar-refractivity contribution < 1.29 is 27.8 Å². The fourth-order valence-corrected chi connectivity index (χ4v) is 9.58. The summed E-state index contributed by atoms with van der Waals surface area (Å²) < 4.78 is 51.3. The Labute approximate surface area is 330 Å². The van der Waals surface area contributed by atoms with E-state index in [1.54, 1.807) is 33.0 Å². The van der Waals surface area contributed by atoms with E-state index in [-0.39, 0.29) is 78.2 Å². The number of pyridine rings is 1. The number of nitrogens with zero attached hydrogens (tertiary/aromatic N) is 6. The Hall–Kier alpha value is -5.30. The smallest absolute Gasteiger partial charge is 0.412 e. The maximum Gasteiger partial charge on any atom is 0.412 e. The average Bonchev–Trinajstić information content (AvgIpc) is 3.75. The van der Waals surface area contributed by atoms with Crippen molar-refractivity contribution in [1.82, 2.24) is 19.9 Å². The van der Waals surface area contributed by atoms with Crippen LogP contribution in [-0.4, -0.2) is 69.9 Å². The molecule has 2 fully saturated rings. The highest BCUT2D eigenvalue weighted by Crippen LogP contribution is 2.52. The number of halogens is 3. The standard InChI is InChI=1S/C40H39ClF2N8O4S/c1-20-16-40(11-7-13-50(40)18-20)19-54-37-47-31-28-32(53-15-14-51(35(28)48-37)21(2)22-8-6-12-46-34(22)45)29(41)27(30(31)43)23-9-10-25(42)33-26(23)24(17-44)36(56-33)49-38(52)55-39(3,4)5/h6,8-10,12,21H,1,7,11,13-16,18-19H2,2-5H3,(H2,45,46)(H,49,52)/t21?,40-/m0/s1. The predicted octanol–water partition coefficient (Wildman–Crippen LogP) is 8.77. The summed E-state index contributed by atoms with van der Waals surface area (Å²) in [4.78, 5) is 31.0. The van der Waals surface area contributed by atoms with Crippen molar-refractivity contribution in [2.75, 3.05) is 48.8 Å². The van der Waals surface area contributed by atoms with Crippen LogP contribution in [0, 0.1) is 23.0 Å². The number of amides is 1. The molecule has 56 heavy (non-hydrogen) atoms. The topological polar surface area (TPSA) is 152 Å². The van der Waals surface area contributed by atoms with Gasteiger partial charge in [-0.2, -0.15) is 15.2 Å². The zero-order valence-corrected chi connectivity index (χ0v) is 32.8. The molecule has 1 unspecified atom stereocenters. The van der Waals surface area contributed by atoms with Gasteiger partial charge in [-0.1, -0.05) is 35.9 Å². The van der Waals surface area contributed by atoms with Crippen LogP contribution in [0.4, 0.5) is 30.2 Å². The monoisotopic (exact) mass is 800 g/mol. The van der Waals surface area contributed by atoms with E-state index in [1.165, 1.54) is 6.07 Å². The van der Waals surface area contributed by atoms with Gasteiger partial charge in [-0.05, 0) is 71.2 Å². The normalized spacial score (nSPS) is 18.8. The summed E-state index contributed by atoms with van der Waals surface area (Å²) in [5.41, 5.74) is 6.78. The number of nitrogens with one attached hydrogen (secondary N) is 1. The molecule has 3 aliphatic heterocycles. The number of aromatic nitrogens is 3. The van der Waals surface area contributed by atoms with Crippen LogP contribution < -0.4 is 25.4 Å². The minimum absolute atomic E-state index is 0.00689. The van der Waals surface area contributed by atoms with Gasteiger partial charge < -0.3 is 24.8 Å². The molecule has 16 heteroatoms. The van der Waals surface area contributed by atoms with Crippen molar-refractivity contribution in [3.63, 3.8) is 0 Å². The van der Waals surface area contributed by atoms with Crippen LogP contribution in [0.5, 0.6) is 11.8 Å². The Balaban J connectivity index is 1.33. The SMILES string of the molecule is C=C1CN2CCC[C@@]2(COc2nc3c4c(c(Cl)c(-c5ccc(F)c6sc(NC(=O)OC(C)(C)C)c(C#N)c56)c(F)c4n2)OCCN3C(C)c2cccnc2N)C1. The lowest BCUT2D eigenvalue weighted by molar-refractivity contribution is 0.0636. The lowest BCUT2D eigenvalue weighted by atomic mass is 9.94. The van der Waals surface area contributed by atoms with Crippen molar-refractivity contribution in [3.05, 3.63) is 70.4 Å². The van der Waals surface area contributed by atoms with E-state index in [0.29, 0.717) is 18.2 Å². The van der Waals surface area contributed by atoms with E-state index >= 15 is 8.78 Å². The first kappa shape index (κ1) is 37.6. The molecule has 2 aromatic carbocycles. The average molecular weight is 801 g/mol. The number of benzene rings is 2. The third-order valence-electron chi connectivity index (χ3n) is 10.6. The number of fused-ring (bicyclic) bond motifs is 2. The molecule has 0 bridgehead atoms. The van der Waals surface area contributed by atoms with Gasteiger partial charge in [0.1, 0.15) is 52.9 Å². The van der Waals surface area contributed by atoms with Crippen molar-refractivity contribution in [3.8, 4) is 29.0 Å². The summed E-state index contributed by atoms with van der Waals surface area (Å²) in [7, 11) is 0. The molecular weight excluding hydrogens is 762 g/mol. The first-order chi connectivity index (χ1) is 26.7. The van der Waals surface area contributed by atoms with Gasteiger partial charge in [0.2, 0.25) is 0 Å². The molecule has 3 aromatic heterocycles. The van der Waals surface area contributed by atoms with Crippen molar-refractivity contribution >= 4 is 66.7 Å². The molecule has 0 spiro atoms. The van der Waals surface area contributed by atoms with Gasteiger partial charge in [0.15, 0.2) is 11.6 Å². The highest BCUT2D eigenvalue weighted by Gasteiger charge is 2.47. The highest BCUT2D eigenvalue weighted by molar-refractivity contribution is 7.23. The molecule has 0 radical (unpaired) electrons. The van der Waals surface area contributed by atoms with E-state index in [0.717, 1.165) is 60.9 Å². The lowest BCUT2D eigenvalue weighted by Crippen LogP contribution is -2.43. The van der Waals surface area contributed by atoms with Crippen LogP contribution in [0.25, 0.3) is 32.1 Å². The van der Waals surface area contributed by atoms with Crippen LogP contribution in [0.2, 0.25) is 5.02 Å². The Morgan fingerprint density at radius 1 is 1.25 bits per heavy atom. The number of hydrogen-bond donors (Lipinski definition) is 2. The lowest BCUT2D eigenvalue weighted by Gasteiger charge is -2.32. The second-order valence-corrected chi connectivity index (χ2v) is 16.8. The van der Waals surface area contributed by atoms with Crippen molar-refractivity contribution in [1.29, 1.82) is 5.26 Å². The van der Waals surface area contributed by atoms with E-state index in [2.05, 4.69) is 32.8 Å². The van der Waals surface area contributed by atoms with Gasteiger partial charge in [0.25, 0.3) is 0 Å². The number of nitrogens with two attached hydrogens (primary N) is 1. The van der Waals surface area contributed by atoms with E-state index in [9.17, 15) is 10.1 Å². The zero-order chi connectivity index (χ0) is 39.7. The highest BCUT2D eigenvalue weighted by atomic mass is 35.5. The third-order valence-corrected chi connectivity index (χ3v) is 12.0. The van der Waals surface area contributed by atoms with Crippen LogP contribution in [-0.2, 0) is 4.74 Å². The summed E-state index contributed by atoms with van der Waals surface area (Å²) in [5.74, 6) is -0.777. The summed E-state index contributed by atoms with van der Waals surface area (Å²) in [5, 5.41) is 13.1. The predicted molar refractivity (Wildman–Crippen MR) is 213 cm³/mol. The van der Waals surface area contributed by atoms with Crippen LogP contribution >= 0.6 is 22.9 Å². The zero-order valence-electron chi connectivity index (χ0n) is 31.3. The maximum atomic E-state index is 17.6. The van der Waals surface area contributed by atoms with Crippen molar-refractivity contribution in [2.45, 2.75) is 64.1 Å². The number of anilines is 3. The van der Waals surface area contributed by atoms with E-state index < -0.39 is 29.4 Å². The third kappa shape index (κ3) is 6.39. The van der Waals surface area contributed by atoms with Gasteiger partial charge in [-0.25, -0.2) is 18.6 Å². The van der Waals surface area contributed by atoms with Gasteiger partial charge in [-0.3, -0.25) is 10.2 Å². The van der Waals surface area contributed by atoms with E-state index in [4.69, 9.17) is 36.5 Å². The van der Waals surface area contributed by atoms with Crippen LogP contribution in [0.3, 0.4) is 0 Å². The van der Waals surface area contributed by atoms with Crippen LogP contribution in [0.1, 0.15) is 64.1 Å². The molecule has 0 aliphatic carbocycles. The molecule has 5 aromatic rings. The molecule has 3 aliphatic rings. The Kier molecular flexibility index (Phi) is 9.42. The second-order valence-electron chi connectivity index (χ2n) is 15.4. The first-order valence-electron chi connectivity index (χ1n) is 18.2. The molecule has 0 saturated carbocycles. The Morgan fingerprint density at radius 2 is 2.05 bits per heavy atom. The number of hydrogen-bond acceptors (Lipinski definition) is 12. The molecule has 12 nitrogen and oxygen atoms in total. The molecule has 3 N–H and O–H groups in total. The molecule has 8 rings (SSSR count). The van der Waals surface area contributed by atoms with Crippen LogP contribution in [0.15, 0.2) is 42.6 Å². The van der Waals surface area contributed by atoms with Gasteiger partial charge >= 0.3 is 12.1 Å². The fraction of sp³-hybridized carbons (Fsp3) is 0.375. The quantitative estimate of drug-likeness (QED) is 0.152. The molecule has 1 amide bonds. The summed E-state index contributed by atoms with van der Waals surface area (Å²) in [6.45, 7) is 13.6. The summed E-state index contributed by atoms with van der Waals surface area (Å²) in [6.07, 6.45) is 3.47. The number of ether oxygens (including phenoxy) is 3. The minimum atomic E-state index is -0.860. The molecule has 6 heterocycles. The Morgan fingerprint density at radius 3 is 2.80 bits per heavy atom. The maximum absolute atomic E-state index is 17.6. The van der Waals surface area contributed by atoms with E-state index in [1.807, 2.05) is 17.9 Å². The van der Waals surface area contributed by atoms with Crippen molar-refractivity contribution in [2.24, 2.45) is 0 Å². The molecular formula is C40H39ClF2N8O4S. The van der Waals surface area contributed by atoms with Gasteiger partial charge in [0.05, 0.1) is 38.8 Å². The minimum Gasteiger partial charge on any atom is -0.489 e. The fourth-order valence-electron chi connectivity index (χ4n) is 8.18. The molecule has 2 saturated heterocycles. The van der Waals surface area contributed by atoms with Gasteiger partial charge in [0, 0.05) is 29.3 Å². The number of carbonyl (C=O) groups is 1. The number of rotatable bonds is 7. The molecule has 2 atom stereocenters. The Bertz CT molecular complexity index is 2500. The number of nitrogen functional groups attached to an aromatic ring is 1. The van der Waals surface area contributed by atoms with Gasteiger partial charge in [-0.15, -0.1) is 11.3 Å². The number of carbonyl (C=O) groups excluding carboxylic acids is 1. The first-order valence-corrected chi connectivity index (χ1v) is 19.4. The second kappa shape index (κ2) is 14.0.